The maximum absolute atomic E-state index is 12.7. The molecule has 0 N–H and O–H groups in total. The molecule has 0 aromatic rings. The molecule has 2 aliphatic rings. The Kier molecular flexibility index (Phi) is 6.02. The van der Waals surface area contributed by atoms with Crippen LogP contribution < -0.4 is 0 Å². The van der Waals surface area contributed by atoms with Gasteiger partial charge >= 0.3 is 0 Å². The Bertz CT molecular complexity index is 541. The molecule has 23 heavy (non-hydrogen) atoms. The van der Waals surface area contributed by atoms with Crippen molar-refractivity contribution in [3.8, 4) is 0 Å². The predicted molar refractivity (Wildman–Crippen MR) is 87.2 cm³/mol. The third-order valence-corrected chi connectivity index (χ3v) is 6.62. The predicted octanol–water partition coefficient (Wildman–Crippen LogP) is 0.129. The fourth-order valence-electron chi connectivity index (χ4n) is 3.26. The molecule has 0 bridgehead atoms. The van der Waals surface area contributed by atoms with Crippen LogP contribution in [-0.2, 0) is 19.6 Å². The van der Waals surface area contributed by atoms with E-state index in [0.717, 1.165) is 19.4 Å². The van der Waals surface area contributed by atoms with Gasteiger partial charge in [-0.25, -0.2) is 8.42 Å². The fraction of sp³-hybridized carbons (Fsp3) is 0.867. The number of carbonyl (C=O) groups is 2. The molecule has 2 heterocycles. The number of rotatable bonds is 4. The zero-order valence-corrected chi connectivity index (χ0v) is 14.8. The zero-order valence-electron chi connectivity index (χ0n) is 14.0. The maximum Gasteiger partial charge on any atom is 0.227 e. The van der Waals surface area contributed by atoms with Crippen molar-refractivity contribution in [2.24, 2.45) is 5.92 Å². The van der Waals surface area contributed by atoms with Gasteiger partial charge in [0.15, 0.2) is 0 Å². The van der Waals surface area contributed by atoms with Crippen LogP contribution in [0.15, 0.2) is 0 Å². The van der Waals surface area contributed by atoms with E-state index in [1.807, 2.05) is 6.92 Å². The Morgan fingerprint density at radius 2 is 1.65 bits per heavy atom. The number of piperidine rings is 1. The number of carbonyl (C=O) groups excluding carboxylic acids is 2. The van der Waals surface area contributed by atoms with E-state index >= 15 is 0 Å². The van der Waals surface area contributed by atoms with E-state index < -0.39 is 10.0 Å². The van der Waals surface area contributed by atoms with Gasteiger partial charge in [0.1, 0.15) is 0 Å². The standard InChI is InChI=1S/C15H27N3O4S/c1-3-14(19)17-7-5-6-13(12-17)15(20)16-8-10-18(11-9-16)23(21,22)4-2/h13H,3-12H2,1-2H3. The van der Waals surface area contributed by atoms with Crippen molar-refractivity contribution in [2.75, 3.05) is 45.0 Å². The Balaban J connectivity index is 1.91. The van der Waals surface area contributed by atoms with E-state index in [4.69, 9.17) is 0 Å². The molecular weight excluding hydrogens is 318 g/mol. The van der Waals surface area contributed by atoms with Gasteiger partial charge in [-0.1, -0.05) is 6.92 Å². The first kappa shape index (κ1) is 18.2. The molecule has 0 aromatic heterocycles. The number of nitrogens with zero attached hydrogens (tertiary/aromatic N) is 3. The Morgan fingerprint density at radius 3 is 2.22 bits per heavy atom. The number of piperazine rings is 1. The lowest BCUT2D eigenvalue weighted by atomic mass is 9.96. The molecule has 7 nitrogen and oxygen atoms in total. The minimum absolute atomic E-state index is 0.0622. The second-order valence-corrected chi connectivity index (χ2v) is 8.41. The van der Waals surface area contributed by atoms with Crippen molar-refractivity contribution < 1.29 is 18.0 Å². The fourth-order valence-corrected chi connectivity index (χ4v) is 4.34. The van der Waals surface area contributed by atoms with Crippen molar-refractivity contribution in [1.29, 1.82) is 0 Å². The monoisotopic (exact) mass is 345 g/mol. The third-order valence-electron chi connectivity index (χ3n) is 4.73. The molecular formula is C15H27N3O4S. The van der Waals surface area contributed by atoms with Crippen LogP contribution in [0, 0.1) is 5.92 Å². The van der Waals surface area contributed by atoms with E-state index in [-0.39, 0.29) is 23.5 Å². The first-order valence-electron chi connectivity index (χ1n) is 8.43. The highest BCUT2D eigenvalue weighted by molar-refractivity contribution is 7.89. The Hall–Kier alpha value is -1.15. The van der Waals surface area contributed by atoms with E-state index in [1.54, 1.807) is 16.7 Å². The summed E-state index contributed by atoms with van der Waals surface area (Å²) >= 11 is 0. The molecule has 0 aromatic carbocycles. The van der Waals surface area contributed by atoms with Crippen molar-refractivity contribution in [3.05, 3.63) is 0 Å². The second-order valence-electron chi connectivity index (χ2n) is 6.16. The maximum atomic E-state index is 12.7. The van der Waals surface area contributed by atoms with Crippen LogP contribution >= 0.6 is 0 Å². The normalized spacial score (nSPS) is 23.8. The number of amides is 2. The molecule has 0 saturated carbocycles. The molecule has 132 valence electrons. The summed E-state index contributed by atoms with van der Waals surface area (Å²) in [6.07, 6.45) is 2.13. The van der Waals surface area contributed by atoms with Crippen molar-refractivity contribution in [3.63, 3.8) is 0 Å². The molecule has 2 saturated heterocycles. The summed E-state index contributed by atoms with van der Waals surface area (Å²) in [4.78, 5) is 28.0. The lowest BCUT2D eigenvalue weighted by Gasteiger charge is -2.38. The average molecular weight is 345 g/mol. The molecule has 0 radical (unpaired) electrons. The molecule has 2 amide bonds. The average Bonchev–Trinajstić information content (AvgIpc) is 2.60. The molecule has 0 aliphatic carbocycles. The summed E-state index contributed by atoms with van der Waals surface area (Å²) < 4.78 is 25.2. The summed E-state index contributed by atoms with van der Waals surface area (Å²) in [6.45, 7) is 6.32. The molecule has 2 aliphatic heterocycles. The summed E-state index contributed by atoms with van der Waals surface area (Å²) in [5.74, 6) is 0.111. The first-order chi connectivity index (χ1) is 10.9. The zero-order chi connectivity index (χ0) is 17.0. The molecule has 2 fully saturated rings. The van der Waals surface area contributed by atoms with Crippen LogP contribution in [0.5, 0.6) is 0 Å². The van der Waals surface area contributed by atoms with Crippen molar-refractivity contribution in [1.82, 2.24) is 14.1 Å². The lowest BCUT2D eigenvalue weighted by molar-refractivity contribution is -0.141. The van der Waals surface area contributed by atoms with Gasteiger partial charge < -0.3 is 9.80 Å². The summed E-state index contributed by atoms with van der Waals surface area (Å²) in [5, 5.41) is 0. The molecule has 0 spiro atoms. The van der Waals surface area contributed by atoms with Crippen LogP contribution in [0.2, 0.25) is 0 Å². The second kappa shape index (κ2) is 7.61. The quantitative estimate of drug-likeness (QED) is 0.725. The molecule has 2 rings (SSSR count). The van der Waals surface area contributed by atoms with E-state index in [2.05, 4.69) is 0 Å². The van der Waals surface area contributed by atoms with Gasteiger partial charge in [0.2, 0.25) is 21.8 Å². The minimum Gasteiger partial charge on any atom is -0.342 e. The van der Waals surface area contributed by atoms with E-state index in [0.29, 0.717) is 39.1 Å². The van der Waals surface area contributed by atoms with Gasteiger partial charge in [-0.2, -0.15) is 4.31 Å². The van der Waals surface area contributed by atoms with E-state index in [1.165, 1.54) is 4.31 Å². The Morgan fingerprint density at radius 1 is 1.00 bits per heavy atom. The first-order valence-corrected chi connectivity index (χ1v) is 10.0. The molecule has 1 unspecified atom stereocenters. The van der Waals surface area contributed by atoms with Crippen LogP contribution in [-0.4, -0.2) is 79.4 Å². The topological polar surface area (TPSA) is 78.0 Å². The van der Waals surface area contributed by atoms with Crippen LogP contribution in [0.3, 0.4) is 0 Å². The highest BCUT2D eigenvalue weighted by Crippen LogP contribution is 2.21. The minimum atomic E-state index is -3.18. The van der Waals surface area contributed by atoms with E-state index in [9.17, 15) is 18.0 Å². The smallest absolute Gasteiger partial charge is 0.227 e. The highest BCUT2D eigenvalue weighted by atomic mass is 32.2. The Labute approximate surface area is 138 Å². The number of hydrogen-bond acceptors (Lipinski definition) is 4. The summed E-state index contributed by atoms with van der Waals surface area (Å²) in [6, 6.07) is 0. The van der Waals surface area contributed by atoms with Crippen LogP contribution in [0.25, 0.3) is 0 Å². The third kappa shape index (κ3) is 4.23. The van der Waals surface area contributed by atoms with Gasteiger partial charge in [0, 0.05) is 45.7 Å². The van der Waals surface area contributed by atoms with Gasteiger partial charge in [-0.3, -0.25) is 9.59 Å². The van der Waals surface area contributed by atoms with Gasteiger partial charge in [-0.15, -0.1) is 0 Å². The number of sulfonamides is 1. The van der Waals surface area contributed by atoms with Crippen molar-refractivity contribution >= 4 is 21.8 Å². The van der Waals surface area contributed by atoms with Crippen LogP contribution in [0.4, 0.5) is 0 Å². The van der Waals surface area contributed by atoms with Gasteiger partial charge in [-0.05, 0) is 19.8 Å². The number of hydrogen-bond donors (Lipinski definition) is 0. The van der Waals surface area contributed by atoms with Crippen LogP contribution in [0.1, 0.15) is 33.1 Å². The largest absolute Gasteiger partial charge is 0.342 e. The van der Waals surface area contributed by atoms with Crippen molar-refractivity contribution in [2.45, 2.75) is 33.1 Å². The summed E-state index contributed by atoms with van der Waals surface area (Å²) in [5.41, 5.74) is 0. The molecule has 8 heteroatoms. The summed E-state index contributed by atoms with van der Waals surface area (Å²) in [7, 11) is -3.18. The SMILES string of the molecule is CCC(=O)N1CCCC(C(=O)N2CCN(S(=O)(=O)CC)CC2)C1. The highest BCUT2D eigenvalue weighted by Gasteiger charge is 2.33. The lowest BCUT2D eigenvalue weighted by Crippen LogP contribution is -2.54. The number of likely N-dealkylation sites (tertiary alicyclic amines) is 1. The van der Waals surface area contributed by atoms with Gasteiger partial charge in [0.25, 0.3) is 0 Å². The van der Waals surface area contributed by atoms with Gasteiger partial charge in [0.05, 0.1) is 11.7 Å². The molecule has 1 atom stereocenters.